The Labute approximate surface area is 155 Å². The van der Waals surface area contributed by atoms with Crippen molar-refractivity contribution in [1.29, 1.82) is 0 Å². The van der Waals surface area contributed by atoms with Crippen LogP contribution in [0.3, 0.4) is 0 Å². The smallest absolute Gasteiger partial charge is 0.237 e. The Balaban J connectivity index is 1.63. The van der Waals surface area contributed by atoms with Gasteiger partial charge in [0.2, 0.25) is 11.1 Å². The summed E-state index contributed by atoms with van der Waals surface area (Å²) in [4.78, 5) is 18.5. The van der Waals surface area contributed by atoms with Gasteiger partial charge in [-0.1, -0.05) is 41.6 Å². The summed E-state index contributed by atoms with van der Waals surface area (Å²) in [6, 6.07) is 13.9. The first kappa shape index (κ1) is 18.1. The molecule has 0 saturated heterocycles. The number of hydrogen-bond donors (Lipinski definition) is 1. The molecule has 0 aliphatic rings. The Morgan fingerprint density at radius 1 is 1.15 bits per heavy atom. The Hall–Kier alpha value is -2.67. The minimum atomic E-state index is -0.323. The van der Waals surface area contributed by atoms with Gasteiger partial charge in [-0.25, -0.2) is 9.37 Å². The van der Waals surface area contributed by atoms with Crippen LogP contribution in [0.5, 0.6) is 0 Å². The van der Waals surface area contributed by atoms with E-state index in [1.54, 1.807) is 17.0 Å². The predicted molar refractivity (Wildman–Crippen MR) is 102 cm³/mol. The minimum Gasteiger partial charge on any atom is -0.312 e. The number of benzene rings is 2. The van der Waals surface area contributed by atoms with Crippen molar-refractivity contribution in [3.05, 3.63) is 59.9 Å². The van der Waals surface area contributed by atoms with Crippen LogP contribution in [0.25, 0.3) is 11.4 Å². The van der Waals surface area contributed by atoms with E-state index in [-0.39, 0.29) is 17.5 Å². The van der Waals surface area contributed by atoms with Crippen LogP contribution < -0.4 is 4.90 Å². The zero-order valence-electron chi connectivity index (χ0n) is 14.6. The van der Waals surface area contributed by atoms with E-state index in [2.05, 4.69) is 15.2 Å². The average Bonchev–Trinajstić information content (AvgIpc) is 3.12. The van der Waals surface area contributed by atoms with Gasteiger partial charge in [0.25, 0.3) is 0 Å². The zero-order chi connectivity index (χ0) is 18.5. The maximum atomic E-state index is 13.1. The summed E-state index contributed by atoms with van der Waals surface area (Å²) in [5.41, 5.74) is 2.80. The number of aromatic nitrogens is 3. The van der Waals surface area contributed by atoms with Gasteiger partial charge in [0, 0.05) is 17.8 Å². The fraction of sp³-hybridized carbons (Fsp3) is 0.211. The van der Waals surface area contributed by atoms with Crippen molar-refractivity contribution in [1.82, 2.24) is 15.2 Å². The van der Waals surface area contributed by atoms with Crippen LogP contribution in [0.15, 0.2) is 53.7 Å². The van der Waals surface area contributed by atoms with Gasteiger partial charge < -0.3 is 4.90 Å². The molecule has 0 fully saturated rings. The molecule has 7 heteroatoms. The highest BCUT2D eigenvalue weighted by Gasteiger charge is 2.16. The molecule has 1 heterocycles. The van der Waals surface area contributed by atoms with E-state index in [0.717, 1.165) is 5.56 Å². The summed E-state index contributed by atoms with van der Waals surface area (Å²) < 4.78 is 13.1. The Kier molecular flexibility index (Phi) is 5.68. The first-order chi connectivity index (χ1) is 12.6. The van der Waals surface area contributed by atoms with Crippen LogP contribution in [-0.2, 0) is 4.79 Å². The van der Waals surface area contributed by atoms with Crippen molar-refractivity contribution < 1.29 is 9.18 Å². The van der Waals surface area contributed by atoms with Crippen molar-refractivity contribution in [3.8, 4) is 11.4 Å². The molecule has 2 aromatic carbocycles. The molecule has 0 bridgehead atoms. The molecular weight excluding hydrogens is 351 g/mol. The highest BCUT2D eigenvalue weighted by atomic mass is 32.2. The number of anilines is 1. The quantitative estimate of drug-likeness (QED) is 0.665. The van der Waals surface area contributed by atoms with Gasteiger partial charge in [0.1, 0.15) is 5.82 Å². The van der Waals surface area contributed by atoms with Gasteiger partial charge in [-0.2, -0.15) is 0 Å². The molecule has 0 atom stereocenters. The predicted octanol–water partition coefficient (Wildman–Crippen LogP) is 4.06. The summed E-state index contributed by atoms with van der Waals surface area (Å²) in [5, 5.41) is 7.58. The maximum absolute atomic E-state index is 13.1. The first-order valence-electron chi connectivity index (χ1n) is 8.25. The molecule has 0 spiro atoms. The molecule has 134 valence electrons. The van der Waals surface area contributed by atoms with E-state index in [9.17, 15) is 9.18 Å². The molecule has 0 aliphatic heterocycles. The highest BCUT2D eigenvalue weighted by Crippen LogP contribution is 2.21. The van der Waals surface area contributed by atoms with Gasteiger partial charge >= 0.3 is 0 Å². The second-order valence-corrected chi connectivity index (χ2v) is 6.68. The lowest BCUT2D eigenvalue weighted by molar-refractivity contribution is -0.116. The summed E-state index contributed by atoms with van der Waals surface area (Å²) in [7, 11) is 0. The van der Waals surface area contributed by atoms with Crippen molar-refractivity contribution >= 4 is 23.4 Å². The van der Waals surface area contributed by atoms with E-state index in [1.165, 1.54) is 29.5 Å². The molecule has 3 aromatic rings. The number of halogens is 1. The monoisotopic (exact) mass is 370 g/mol. The van der Waals surface area contributed by atoms with Crippen LogP contribution >= 0.6 is 11.8 Å². The topological polar surface area (TPSA) is 61.9 Å². The number of H-pyrrole nitrogens is 1. The number of amides is 1. The molecule has 0 radical (unpaired) electrons. The molecular formula is C19H19FN4OS. The maximum Gasteiger partial charge on any atom is 0.237 e. The SMILES string of the molecule is CCN(C(=O)CSc1n[nH]c(-c2ccc(C)cc2)n1)c1ccc(F)cc1. The minimum absolute atomic E-state index is 0.0780. The molecule has 26 heavy (non-hydrogen) atoms. The fourth-order valence-corrected chi connectivity index (χ4v) is 3.15. The highest BCUT2D eigenvalue weighted by molar-refractivity contribution is 7.99. The second kappa shape index (κ2) is 8.14. The van der Waals surface area contributed by atoms with Crippen molar-refractivity contribution in [2.45, 2.75) is 19.0 Å². The molecule has 1 amide bonds. The summed E-state index contributed by atoms with van der Waals surface area (Å²) in [5.74, 6) is 0.476. The number of carbonyl (C=O) groups excluding carboxylic acids is 1. The number of aromatic amines is 1. The van der Waals surface area contributed by atoms with E-state index < -0.39 is 0 Å². The Bertz CT molecular complexity index is 877. The van der Waals surface area contributed by atoms with E-state index in [4.69, 9.17) is 0 Å². The zero-order valence-corrected chi connectivity index (χ0v) is 15.4. The standard InChI is InChI=1S/C19H19FN4OS/c1-3-24(16-10-8-15(20)9-11-16)17(25)12-26-19-21-18(22-23-19)14-6-4-13(2)5-7-14/h4-11H,3,12H2,1-2H3,(H,21,22,23). The van der Waals surface area contributed by atoms with Crippen molar-refractivity contribution in [2.24, 2.45) is 0 Å². The van der Waals surface area contributed by atoms with E-state index in [1.807, 2.05) is 38.1 Å². The number of thioether (sulfide) groups is 1. The molecule has 0 aliphatic carbocycles. The van der Waals surface area contributed by atoms with Crippen LogP contribution in [0, 0.1) is 12.7 Å². The van der Waals surface area contributed by atoms with Gasteiger partial charge in [-0.3, -0.25) is 9.89 Å². The third kappa shape index (κ3) is 4.29. The third-order valence-corrected chi connectivity index (χ3v) is 4.70. The van der Waals surface area contributed by atoms with E-state index >= 15 is 0 Å². The lowest BCUT2D eigenvalue weighted by atomic mass is 10.1. The van der Waals surface area contributed by atoms with Gasteiger partial charge in [-0.05, 0) is 38.1 Å². The third-order valence-electron chi connectivity index (χ3n) is 3.87. The van der Waals surface area contributed by atoms with Crippen LogP contribution in [0.4, 0.5) is 10.1 Å². The molecule has 1 N–H and O–H groups in total. The lowest BCUT2D eigenvalue weighted by Gasteiger charge is -2.20. The van der Waals surface area contributed by atoms with Crippen molar-refractivity contribution in [2.75, 3.05) is 17.2 Å². The molecule has 1 aromatic heterocycles. The van der Waals surface area contributed by atoms with Crippen LogP contribution in [-0.4, -0.2) is 33.4 Å². The number of nitrogens with one attached hydrogen (secondary N) is 1. The number of rotatable bonds is 6. The number of hydrogen-bond acceptors (Lipinski definition) is 4. The molecule has 0 unspecified atom stereocenters. The molecule has 3 rings (SSSR count). The first-order valence-corrected chi connectivity index (χ1v) is 9.23. The van der Waals surface area contributed by atoms with Crippen molar-refractivity contribution in [3.63, 3.8) is 0 Å². The summed E-state index contributed by atoms with van der Waals surface area (Å²) >= 11 is 1.27. The van der Waals surface area contributed by atoms with Gasteiger partial charge in [0.15, 0.2) is 5.82 Å². The second-order valence-electron chi connectivity index (χ2n) is 5.74. The Morgan fingerprint density at radius 3 is 2.50 bits per heavy atom. The summed E-state index contributed by atoms with van der Waals surface area (Å²) in [6.07, 6.45) is 0. The van der Waals surface area contributed by atoms with Gasteiger partial charge in [-0.15, -0.1) is 5.10 Å². The van der Waals surface area contributed by atoms with Gasteiger partial charge in [0.05, 0.1) is 5.75 Å². The number of carbonyl (C=O) groups is 1. The normalized spacial score (nSPS) is 10.7. The lowest BCUT2D eigenvalue weighted by Crippen LogP contribution is -2.32. The largest absolute Gasteiger partial charge is 0.312 e. The number of nitrogens with zero attached hydrogens (tertiary/aromatic N) is 3. The molecule has 0 saturated carbocycles. The summed E-state index contributed by atoms with van der Waals surface area (Å²) in [6.45, 7) is 4.42. The fourth-order valence-electron chi connectivity index (χ4n) is 2.48. The Morgan fingerprint density at radius 2 is 1.85 bits per heavy atom. The average molecular weight is 370 g/mol. The van der Waals surface area contributed by atoms with Crippen LogP contribution in [0.2, 0.25) is 0 Å². The number of aryl methyl sites for hydroxylation is 1. The van der Waals surface area contributed by atoms with Crippen LogP contribution in [0.1, 0.15) is 12.5 Å². The van der Waals surface area contributed by atoms with E-state index in [0.29, 0.717) is 23.2 Å². The molecule has 5 nitrogen and oxygen atoms in total.